The summed E-state index contributed by atoms with van der Waals surface area (Å²) < 4.78 is 0. The van der Waals surface area contributed by atoms with E-state index in [0.29, 0.717) is 18.5 Å². The summed E-state index contributed by atoms with van der Waals surface area (Å²) in [4.78, 5) is 27.2. The number of carbonyl (C=O) groups excluding carboxylic acids is 2. The van der Waals surface area contributed by atoms with Crippen LogP contribution in [0.4, 0.5) is 0 Å². The topological polar surface area (TPSA) is 49.4 Å². The number of hydrogen-bond acceptors (Lipinski definition) is 2. The maximum Gasteiger partial charge on any atom is 0.255 e. The van der Waals surface area contributed by atoms with Crippen molar-refractivity contribution in [1.29, 1.82) is 0 Å². The lowest BCUT2D eigenvalue weighted by Crippen LogP contribution is -2.50. The first kappa shape index (κ1) is 16.2. The average molecular weight is 322 g/mol. The Labute approximate surface area is 142 Å². The smallest absolute Gasteiger partial charge is 0.255 e. The third-order valence-corrected chi connectivity index (χ3v) is 4.23. The molecular formula is C20H22N2O2. The molecule has 2 aromatic carbocycles. The molecule has 0 spiro atoms. The van der Waals surface area contributed by atoms with Crippen LogP contribution in [0.2, 0.25) is 0 Å². The van der Waals surface area contributed by atoms with E-state index in [1.807, 2.05) is 68.4 Å². The maximum atomic E-state index is 12.8. The minimum absolute atomic E-state index is 0.0378. The third kappa shape index (κ3) is 3.32. The largest absolute Gasteiger partial charge is 0.352 e. The Kier molecular flexibility index (Phi) is 4.65. The Morgan fingerprint density at radius 3 is 2.42 bits per heavy atom. The van der Waals surface area contributed by atoms with E-state index in [2.05, 4.69) is 5.32 Å². The zero-order chi connectivity index (χ0) is 17.1. The highest BCUT2D eigenvalue weighted by atomic mass is 16.2. The molecule has 4 heteroatoms. The fourth-order valence-electron chi connectivity index (χ4n) is 3.09. The van der Waals surface area contributed by atoms with Crippen LogP contribution in [-0.2, 0) is 17.8 Å². The van der Waals surface area contributed by atoms with Crippen molar-refractivity contribution in [2.75, 3.05) is 0 Å². The molecule has 3 rings (SSSR count). The number of rotatable bonds is 5. The second-order valence-corrected chi connectivity index (χ2v) is 6.46. The van der Waals surface area contributed by atoms with Crippen LogP contribution in [0, 0.1) is 0 Å². The van der Waals surface area contributed by atoms with Gasteiger partial charge < -0.3 is 10.2 Å². The lowest BCUT2D eigenvalue weighted by Gasteiger charge is -2.28. The molecular weight excluding hydrogens is 300 g/mol. The summed E-state index contributed by atoms with van der Waals surface area (Å²) in [6.45, 7) is 4.34. The van der Waals surface area contributed by atoms with Crippen molar-refractivity contribution in [3.63, 3.8) is 0 Å². The van der Waals surface area contributed by atoms with Crippen LogP contribution in [0.25, 0.3) is 0 Å². The van der Waals surface area contributed by atoms with Crippen molar-refractivity contribution >= 4 is 11.8 Å². The summed E-state index contributed by atoms with van der Waals surface area (Å²) >= 11 is 0. The molecule has 1 heterocycles. The number of nitrogens with zero attached hydrogens (tertiary/aromatic N) is 1. The van der Waals surface area contributed by atoms with E-state index in [-0.39, 0.29) is 17.9 Å². The van der Waals surface area contributed by atoms with Gasteiger partial charge in [0.15, 0.2) is 0 Å². The van der Waals surface area contributed by atoms with Crippen molar-refractivity contribution in [2.24, 2.45) is 0 Å². The number of fused-ring (bicyclic) bond motifs is 1. The molecule has 0 radical (unpaired) electrons. The Hall–Kier alpha value is -2.62. The van der Waals surface area contributed by atoms with E-state index in [0.717, 1.165) is 11.1 Å². The van der Waals surface area contributed by atoms with Crippen molar-refractivity contribution in [1.82, 2.24) is 10.2 Å². The molecule has 0 fully saturated rings. The standard InChI is InChI=1S/C20H22N2O2/c1-14(2)21-19(23)18(12-15-8-4-3-5-9-15)22-13-16-10-6-7-11-17(16)20(22)24/h3-11,14,18H,12-13H2,1-2H3,(H,21,23). The van der Waals surface area contributed by atoms with Crippen LogP contribution in [-0.4, -0.2) is 28.8 Å². The van der Waals surface area contributed by atoms with Gasteiger partial charge in [0.25, 0.3) is 5.91 Å². The molecule has 2 aromatic rings. The van der Waals surface area contributed by atoms with Crippen LogP contribution in [0.1, 0.15) is 35.3 Å². The minimum atomic E-state index is -0.505. The summed E-state index contributed by atoms with van der Waals surface area (Å²) in [5, 5.41) is 2.95. The van der Waals surface area contributed by atoms with Gasteiger partial charge in [0.05, 0.1) is 0 Å². The summed E-state index contributed by atoms with van der Waals surface area (Å²) in [5.74, 6) is -0.166. The monoisotopic (exact) mass is 322 g/mol. The Balaban J connectivity index is 1.88. The maximum absolute atomic E-state index is 12.8. The molecule has 24 heavy (non-hydrogen) atoms. The molecule has 1 aliphatic rings. The molecule has 1 aliphatic heterocycles. The van der Waals surface area contributed by atoms with E-state index in [1.165, 1.54) is 0 Å². The molecule has 124 valence electrons. The predicted octanol–water partition coefficient (Wildman–Crippen LogP) is 2.78. The second-order valence-electron chi connectivity index (χ2n) is 6.46. The van der Waals surface area contributed by atoms with E-state index < -0.39 is 6.04 Å². The molecule has 1 N–H and O–H groups in total. The lowest BCUT2D eigenvalue weighted by atomic mass is 10.0. The second kappa shape index (κ2) is 6.87. The number of benzene rings is 2. The van der Waals surface area contributed by atoms with Crippen molar-refractivity contribution < 1.29 is 9.59 Å². The summed E-state index contributed by atoms with van der Waals surface area (Å²) in [6, 6.07) is 16.9. The van der Waals surface area contributed by atoms with Gasteiger partial charge in [0, 0.05) is 24.6 Å². The molecule has 1 atom stereocenters. The first-order chi connectivity index (χ1) is 11.6. The molecule has 2 amide bonds. The summed E-state index contributed by atoms with van der Waals surface area (Å²) in [5.41, 5.74) is 2.73. The Morgan fingerprint density at radius 1 is 1.08 bits per heavy atom. The van der Waals surface area contributed by atoms with Crippen LogP contribution < -0.4 is 5.32 Å². The number of amides is 2. The van der Waals surface area contributed by atoms with Crippen LogP contribution in [0.15, 0.2) is 54.6 Å². The highest BCUT2D eigenvalue weighted by molar-refractivity contribution is 6.01. The van der Waals surface area contributed by atoms with Gasteiger partial charge in [-0.05, 0) is 31.0 Å². The summed E-state index contributed by atoms with van der Waals surface area (Å²) in [6.07, 6.45) is 0.513. The van der Waals surface area contributed by atoms with Gasteiger partial charge in [-0.3, -0.25) is 9.59 Å². The average Bonchev–Trinajstić information content (AvgIpc) is 2.90. The lowest BCUT2D eigenvalue weighted by molar-refractivity contribution is -0.126. The zero-order valence-electron chi connectivity index (χ0n) is 14.0. The van der Waals surface area contributed by atoms with E-state index in [9.17, 15) is 9.59 Å². The quantitative estimate of drug-likeness (QED) is 0.920. The molecule has 0 saturated carbocycles. The third-order valence-electron chi connectivity index (χ3n) is 4.23. The molecule has 1 unspecified atom stereocenters. The first-order valence-electron chi connectivity index (χ1n) is 8.29. The van der Waals surface area contributed by atoms with Crippen molar-refractivity contribution in [3.05, 3.63) is 71.3 Å². The van der Waals surface area contributed by atoms with Crippen molar-refractivity contribution in [3.8, 4) is 0 Å². The first-order valence-corrected chi connectivity index (χ1v) is 8.29. The van der Waals surface area contributed by atoms with Crippen molar-refractivity contribution in [2.45, 2.75) is 38.9 Å². The fraction of sp³-hybridized carbons (Fsp3) is 0.300. The summed E-state index contributed by atoms with van der Waals surface area (Å²) in [7, 11) is 0. The van der Waals surface area contributed by atoms with Crippen LogP contribution in [0.5, 0.6) is 0 Å². The van der Waals surface area contributed by atoms with Gasteiger partial charge in [-0.25, -0.2) is 0 Å². The zero-order valence-corrected chi connectivity index (χ0v) is 14.0. The Bertz CT molecular complexity index is 740. The van der Waals surface area contributed by atoms with Crippen LogP contribution >= 0.6 is 0 Å². The SMILES string of the molecule is CC(C)NC(=O)C(Cc1ccccc1)N1Cc2ccccc2C1=O. The molecule has 4 nitrogen and oxygen atoms in total. The van der Waals surface area contributed by atoms with Crippen LogP contribution in [0.3, 0.4) is 0 Å². The Morgan fingerprint density at radius 2 is 1.75 bits per heavy atom. The van der Waals surface area contributed by atoms with Gasteiger partial charge in [-0.1, -0.05) is 48.5 Å². The van der Waals surface area contributed by atoms with Gasteiger partial charge in [-0.2, -0.15) is 0 Å². The van der Waals surface area contributed by atoms with Gasteiger partial charge in [-0.15, -0.1) is 0 Å². The number of nitrogens with one attached hydrogen (secondary N) is 1. The number of carbonyl (C=O) groups is 2. The minimum Gasteiger partial charge on any atom is -0.352 e. The normalized spacial score (nSPS) is 14.6. The highest BCUT2D eigenvalue weighted by Crippen LogP contribution is 2.26. The van der Waals surface area contributed by atoms with Gasteiger partial charge >= 0.3 is 0 Å². The predicted molar refractivity (Wildman–Crippen MR) is 93.5 cm³/mol. The number of hydrogen-bond donors (Lipinski definition) is 1. The molecule has 0 aromatic heterocycles. The van der Waals surface area contributed by atoms with E-state index >= 15 is 0 Å². The fourth-order valence-corrected chi connectivity index (χ4v) is 3.09. The molecule has 0 saturated heterocycles. The molecule has 0 aliphatic carbocycles. The van der Waals surface area contributed by atoms with E-state index in [1.54, 1.807) is 4.90 Å². The van der Waals surface area contributed by atoms with Gasteiger partial charge in [0.2, 0.25) is 5.91 Å². The van der Waals surface area contributed by atoms with E-state index in [4.69, 9.17) is 0 Å². The molecule has 0 bridgehead atoms. The van der Waals surface area contributed by atoms with Gasteiger partial charge in [0.1, 0.15) is 6.04 Å². The highest BCUT2D eigenvalue weighted by Gasteiger charge is 2.36.